The van der Waals surface area contributed by atoms with Gasteiger partial charge in [0.2, 0.25) is 0 Å². The number of rotatable bonds is 11. The minimum Gasteiger partial charge on any atom is -0.379 e. The Kier molecular flexibility index (Phi) is 9.22. The van der Waals surface area contributed by atoms with Crippen molar-refractivity contribution in [2.75, 3.05) is 46.1 Å². The second-order valence-corrected chi connectivity index (χ2v) is 8.19. The first kappa shape index (κ1) is 23.9. The molecule has 2 N–H and O–H groups in total. The van der Waals surface area contributed by atoms with E-state index in [0.29, 0.717) is 12.2 Å². The molecule has 172 valence electrons. The second kappa shape index (κ2) is 12.3. The fraction of sp³-hybridized carbons (Fsp3) is 0.440. The fourth-order valence-electron chi connectivity index (χ4n) is 3.45. The third-order valence-electron chi connectivity index (χ3n) is 5.16. The van der Waals surface area contributed by atoms with Crippen LogP contribution in [0.25, 0.3) is 16.8 Å². The summed E-state index contributed by atoms with van der Waals surface area (Å²) in [6.45, 7) is 14.0. The lowest BCUT2D eigenvalue weighted by atomic mass is 10.1. The fourth-order valence-corrected chi connectivity index (χ4v) is 3.45. The molecular weight excluding hydrogens is 404 g/mol. The maximum absolute atomic E-state index is 12.3. The first-order valence-corrected chi connectivity index (χ1v) is 11.2. The highest BCUT2D eigenvalue weighted by Gasteiger charge is 2.11. The predicted octanol–water partition coefficient (Wildman–Crippen LogP) is 3.52. The van der Waals surface area contributed by atoms with Crippen molar-refractivity contribution in [1.29, 1.82) is 0 Å². The molecule has 3 rings (SSSR count). The molecule has 1 aliphatic heterocycles. The van der Waals surface area contributed by atoms with E-state index in [0.717, 1.165) is 68.4 Å². The third-order valence-corrected chi connectivity index (χ3v) is 5.16. The summed E-state index contributed by atoms with van der Waals surface area (Å²) in [5.74, 6) is -0.0844. The lowest BCUT2D eigenvalue weighted by molar-refractivity contribution is 0.0330. The highest BCUT2D eigenvalue weighted by Crippen LogP contribution is 2.22. The minimum atomic E-state index is -0.0844. The van der Waals surface area contributed by atoms with Gasteiger partial charge >= 0.3 is 0 Å². The van der Waals surface area contributed by atoms with Gasteiger partial charge in [0.25, 0.3) is 5.91 Å². The Morgan fingerprint density at radius 1 is 1.34 bits per heavy atom. The van der Waals surface area contributed by atoms with Gasteiger partial charge in [0.15, 0.2) is 0 Å². The molecule has 2 heterocycles. The molecule has 1 fully saturated rings. The number of ether oxygens (including phenoxy) is 2. The molecule has 2 aromatic rings. The minimum absolute atomic E-state index is 0.0844. The number of nitrogens with zero attached hydrogens (tertiary/aromatic N) is 2. The molecule has 0 bridgehead atoms. The van der Waals surface area contributed by atoms with Crippen molar-refractivity contribution in [3.05, 3.63) is 60.3 Å². The standard InChI is InChI=1S/C25H34N4O3/c1-19(2)26-25(30)22-9-4-8-21(17-22)24-18-23(27-28-24)20(3)7-5-13-31-14-6-10-29-11-15-32-16-12-29/h4-5,7-9,17-19H,3,6,10-16H2,1-2H3,(H,26,30)(H,27,28)/b7-5-. The van der Waals surface area contributed by atoms with Gasteiger partial charge in [-0.25, -0.2) is 0 Å². The zero-order valence-corrected chi connectivity index (χ0v) is 19.1. The smallest absolute Gasteiger partial charge is 0.251 e. The van der Waals surface area contributed by atoms with Gasteiger partial charge in [-0.1, -0.05) is 30.9 Å². The van der Waals surface area contributed by atoms with Crippen LogP contribution in [-0.2, 0) is 9.47 Å². The third kappa shape index (κ3) is 7.44. The summed E-state index contributed by atoms with van der Waals surface area (Å²) in [4.78, 5) is 14.7. The number of hydrogen-bond acceptors (Lipinski definition) is 5. The normalized spacial score (nSPS) is 14.8. The lowest BCUT2D eigenvalue weighted by Gasteiger charge is -2.26. The number of amides is 1. The molecule has 1 aromatic heterocycles. The van der Waals surface area contributed by atoms with Crippen LogP contribution in [0.1, 0.15) is 36.3 Å². The van der Waals surface area contributed by atoms with Crippen LogP contribution in [0, 0.1) is 0 Å². The van der Waals surface area contributed by atoms with E-state index < -0.39 is 0 Å². The van der Waals surface area contributed by atoms with Gasteiger partial charge < -0.3 is 14.8 Å². The summed E-state index contributed by atoms with van der Waals surface area (Å²) in [7, 11) is 0. The zero-order valence-electron chi connectivity index (χ0n) is 19.1. The molecule has 0 atom stereocenters. The number of nitrogens with one attached hydrogen (secondary N) is 2. The van der Waals surface area contributed by atoms with Crippen LogP contribution >= 0.6 is 0 Å². The van der Waals surface area contributed by atoms with Crippen molar-refractivity contribution >= 4 is 11.5 Å². The van der Waals surface area contributed by atoms with Crippen LogP contribution in [0.2, 0.25) is 0 Å². The Morgan fingerprint density at radius 2 is 2.16 bits per heavy atom. The predicted molar refractivity (Wildman–Crippen MR) is 127 cm³/mol. The molecule has 1 aromatic carbocycles. The van der Waals surface area contributed by atoms with Crippen LogP contribution in [0.15, 0.2) is 49.1 Å². The van der Waals surface area contributed by atoms with Crippen molar-refractivity contribution in [1.82, 2.24) is 20.4 Å². The number of aromatic nitrogens is 2. The molecule has 0 aliphatic carbocycles. The number of allylic oxidation sites excluding steroid dienone is 2. The molecule has 0 unspecified atom stereocenters. The molecule has 1 amide bonds. The maximum Gasteiger partial charge on any atom is 0.251 e. The van der Waals surface area contributed by atoms with E-state index in [2.05, 4.69) is 27.0 Å². The van der Waals surface area contributed by atoms with Gasteiger partial charge in [0, 0.05) is 43.4 Å². The number of benzene rings is 1. The van der Waals surface area contributed by atoms with E-state index in [9.17, 15) is 4.79 Å². The SMILES string of the molecule is C=C(/C=C\COCCCN1CCOCC1)c1cc(-c2cccc(C(=O)NC(C)C)c2)[nH]n1. The molecule has 1 aliphatic rings. The van der Waals surface area contributed by atoms with E-state index >= 15 is 0 Å². The quantitative estimate of drug-likeness (QED) is 0.415. The first-order valence-electron chi connectivity index (χ1n) is 11.2. The Hall–Kier alpha value is -2.74. The molecule has 7 heteroatoms. The van der Waals surface area contributed by atoms with Crippen LogP contribution < -0.4 is 5.32 Å². The molecular formula is C25H34N4O3. The summed E-state index contributed by atoms with van der Waals surface area (Å²) in [6.07, 6.45) is 4.91. The first-order chi connectivity index (χ1) is 15.5. The second-order valence-electron chi connectivity index (χ2n) is 8.19. The summed E-state index contributed by atoms with van der Waals surface area (Å²) in [5, 5.41) is 10.3. The lowest BCUT2D eigenvalue weighted by Crippen LogP contribution is -2.37. The Balaban J connectivity index is 1.44. The monoisotopic (exact) mass is 438 g/mol. The Morgan fingerprint density at radius 3 is 2.94 bits per heavy atom. The van der Waals surface area contributed by atoms with Crippen LogP contribution in [0.3, 0.4) is 0 Å². The number of hydrogen-bond donors (Lipinski definition) is 2. The Labute approximate surface area is 190 Å². The summed E-state index contributed by atoms with van der Waals surface area (Å²) < 4.78 is 11.1. The van der Waals surface area contributed by atoms with Gasteiger partial charge in [0.05, 0.1) is 31.2 Å². The summed E-state index contributed by atoms with van der Waals surface area (Å²) >= 11 is 0. The zero-order chi connectivity index (χ0) is 22.8. The van der Waals surface area contributed by atoms with Gasteiger partial charge in [-0.3, -0.25) is 14.8 Å². The largest absolute Gasteiger partial charge is 0.379 e. The van der Waals surface area contributed by atoms with Crippen LogP contribution in [0.4, 0.5) is 0 Å². The van der Waals surface area contributed by atoms with Crippen molar-refractivity contribution in [2.24, 2.45) is 0 Å². The van der Waals surface area contributed by atoms with Crippen molar-refractivity contribution < 1.29 is 14.3 Å². The number of carbonyl (C=O) groups excluding carboxylic acids is 1. The topological polar surface area (TPSA) is 79.5 Å². The molecule has 32 heavy (non-hydrogen) atoms. The van der Waals surface area contributed by atoms with Crippen molar-refractivity contribution in [2.45, 2.75) is 26.3 Å². The summed E-state index contributed by atoms with van der Waals surface area (Å²) in [5.41, 5.74) is 3.93. The van der Waals surface area contributed by atoms with Gasteiger partial charge in [0.1, 0.15) is 0 Å². The van der Waals surface area contributed by atoms with E-state index in [4.69, 9.17) is 9.47 Å². The van der Waals surface area contributed by atoms with E-state index in [-0.39, 0.29) is 11.9 Å². The number of H-pyrrole nitrogens is 1. The average Bonchev–Trinajstić information content (AvgIpc) is 3.29. The number of aromatic amines is 1. The van der Waals surface area contributed by atoms with E-state index in [1.54, 1.807) is 6.07 Å². The van der Waals surface area contributed by atoms with E-state index in [1.807, 2.05) is 50.3 Å². The highest BCUT2D eigenvalue weighted by atomic mass is 16.5. The van der Waals surface area contributed by atoms with Gasteiger partial charge in [-0.2, -0.15) is 5.10 Å². The van der Waals surface area contributed by atoms with Gasteiger partial charge in [-0.05, 0) is 44.0 Å². The molecule has 0 spiro atoms. The highest BCUT2D eigenvalue weighted by molar-refractivity contribution is 5.95. The van der Waals surface area contributed by atoms with Gasteiger partial charge in [-0.15, -0.1) is 0 Å². The molecule has 0 saturated carbocycles. The maximum atomic E-state index is 12.3. The number of morpholine rings is 1. The number of carbonyl (C=O) groups is 1. The Bertz CT molecular complexity index is 913. The van der Waals surface area contributed by atoms with Crippen molar-refractivity contribution in [3.63, 3.8) is 0 Å². The van der Waals surface area contributed by atoms with Crippen LogP contribution in [0.5, 0.6) is 0 Å². The van der Waals surface area contributed by atoms with E-state index in [1.165, 1.54) is 0 Å². The van der Waals surface area contributed by atoms with Crippen LogP contribution in [-0.4, -0.2) is 73.1 Å². The molecule has 0 radical (unpaired) electrons. The van der Waals surface area contributed by atoms with Crippen molar-refractivity contribution in [3.8, 4) is 11.3 Å². The average molecular weight is 439 g/mol. The molecule has 1 saturated heterocycles. The molecule has 7 nitrogen and oxygen atoms in total. The summed E-state index contributed by atoms with van der Waals surface area (Å²) in [6, 6.07) is 9.52.